The first-order valence-electron chi connectivity index (χ1n) is 5.73. The van der Waals surface area contributed by atoms with Gasteiger partial charge < -0.3 is 0 Å². The molecule has 0 atom stereocenters. The monoisotopic (exact) mass is 252 g/mol. The van der Waals surface area contributed by atoms with Crippen molar-refractivity contribution in [2.75, 3.05) is 12.8 Å². The minimum absolute atomic E-state index is 0.105. The molecule has 1 aromatic carbocycles. The van der Waals surface area contributed by atoms with E-state index in [4.69, 9.17) is 0 Å². The lowest BCUT2D eigenvalue weighted by molar-refractivity contribution is -0.428. The molecule has 1 aliphatic rings. The molecule has 0 unspecified atom stereocenters. The Morgan fingerprint density at radius 1 is 1.29 bits per heavy atom. The van der Waals surface area contributed by atoms with Gasteiger partial charge in [-0.25, -0.2) is 13.0 Å². The molecule has 1 aliphatic heterocycles. The predicted molar refractivity (Wildman–Crippen MR) is 69.1 cm³/mol. The summed E-state index contributed by atoms with van der Waals surface area (Å²) in [4.78, 5) is 0.399. The van der Waals surface area contributed by atoms with Gasteiger partial charge in [-0.05, 0) is 32.9 Å². The van der Waals surface area contributed by atoms with E-state index in [0.717, 1.165) is 17.8 Å². The van der Waals surface area contributed by atoms with Crippen LogP contribution in [0.5, 0.6) is 0 Å². The topological polar surface area (TPSA) is 37.1 Å². The number of rotatable bonds is 2. The molecule has 0 radical (unpaired) electrons. The van der Waals surface area contributed by atoms with Crippen molar-refractivity contribution in [1.82, 2.24) is 0 Å². The summed E-state index contributed by atoms with van der Waals surface area (Å²) in [5.74, 6) is 0. The summed E-state index contributed by atoms with van der Waals surface area (Å²) < 4.78 is 25.3. The second kappa shape index (κ2) is 3.67. The van der Waals surface area contributed by atoms with Gasteiger partial charge in [-0.3, -0.25) is 0 Å². The molecule has 92 valence electrons. The van der Waals surface area contributed by atoms with Crippen LogP contribution in [0.1, 0.15) is 26.3 Å². The third-order valence-electron chi connectivity index (χ3n) is 3.22. The average Bonchev–Trinajstić information content (AvgIpc) is 2.49. The molecule has 0 bridgehead atoms. The zero-order valence-electron chi connectivity index (χ0n) is 10.7. The summed E-state index contributed by atoms with van der Waals surface area (Å²) in [5, 5.41) is 0. The number of hydrogen-bond donors (Lipinski definition) is 0. The minimum atomic E-state index is -3.13. The van der Waals surface area contributed by atoms with Gasteiger partial charge >= 0.3 is 0 Å². The maximum absolute atomic E-state index is 11.6. The Morgan fingerprint density at radius 2 is 1.94 bits per heavy atom. The van der Waals surface area contributed by atoms with E-state index in [9.17, 15) is 8.42 Å². The van der Waals surface area contributed by atoms with Crippen molar-refractivity contribution in [3.05, 3.63) is 23.8 Å². The van der Waals surface area contributed by atoms with Crippen LogP contribution in [-0.2, 0) is 15.3 Å². The highest BCUT2D eigenvalue weighted by atomic mass is 32.2. The van der Waals surface area contributed by atoms with E-state index in [1.807, 2.05) is 6.07 Å². The summed E-state index contributed by atoms with van der Waals surface area (Å²) >= 11 is 0. The molecule has 0 aliphatic carbocycles. The molecule has 17 heavy (non-hydrogen) atoms. The van der Waals surface area contributed by atoms with Gasteiger partial charge in [0.1, 0.15) is 6.54 Å². The first-order chi connectivity index (χ1) is 7.75. The Balaban J connectivity index is 2.65. The van der Waals surface area contributed by atoms with Gasteiger partial charge in [0, 0.05) is 17.9 Å². The molecule has 1 aromatic rings. The van der Waals surface area contributed by atoms with Crippen LogP contribution in [-0.4, -0.2) is 32.0 Å². The number of benzene rings is 1. The third-order valence-corrected chi connectivity index (χ3v) is 4.33. The summed E-state index contributed by atoms with van der Waals surface area (Å²) in [6, 6.07) is 5.39. The number of sulfone groups is 1. The van der Waals surface area contributed by atoms with E-state index in [1.165, 1.54) is 6.26 Å². The molecule has 1 heterocycles. The normalized spacial score (nSPS) is 17.8. The van der Waals surface area contributed by atoms with Crippen LogP contribution in [0.25, 0.3) is 0 Å². The molecule has 3 nitrogen and oxygen atoms in total. The Hall–Kier alpha value is -1.16. The lowest BCUT2D eigenvalue weighted by atomic mass is 9.87. The lowest BCUT2D eigenvalue weighted by Crippen LogP contribution is -2.17. The molecule has 0 aromatic heterocycles. The van der Waals surface area contributed by atoms with Gasteiger partial charge in [0.25, 0.3) is 0 Å². The highest BCUT2D eigenvalue weighted by Gasteiger charge is 2.37. The maximum atomic E-state index is 11.6. The van der Waals surface area contributed by atoms with Crippen LogP contribution < -0.4 is 0 Å². The van der Waals surface area contributed by atoms with Crippen molar-refractivity contribution < 1.29 is 13.0 Å². The van der Waals surface area contributed by atoms with Crippen LogP contribution in [0.3, 0.4) is 0 Å². The first kappa shape index (κ1) is 12.3. The van der Waals surface area contributed by atoms with E-state index >= 15 is 0 Å². The summed E-state index contributed by atoms with van der Waals surface area (Å²) in [6.45, 7) is 7.20. The Kier molecular flexibility index (Phi) is 2.65. The van der Waals surface area contributed by atoms with Crippen LogP contribution in [0.2, 0.25) is 0 Å². The third kappa shape index (κ3) is 2.02. The zero-order valence-corrected chi connectivity index (χ0v) is 11.5. The molecular formula is C13H18NO2S+. The van der Waals surface area contributed by atoms with Crippen molar-refractivity contribution in [2.45, 2.75) is 31.1 Å². The van der Waals surface area contributed by atoms with Crippen molar-refractivity contribution in [1.29, 1.82) is 0 Å². The second-order valence-electron chi connectivity index (χ2n) is 5.09. The molecule has 4 heteroatoms. The molecule has 0 N–H and O–H groups in total. The van der Waals surface area contributed by atoms with Gasteiger partial charge in [-0.15, -0.1) is 0 Å². The van der Waals surface area contributed by atoms with Crippen LogP contribution in [0.4, 0.5) is 5.69 Å². The smallest absolute Gasteiger partial charge is 0.209 e. The van der Waals surface area contributed by atoms with Gasteiger partial charge in [-0.2, -0.15) is 0 Å². The Labute approximate surface area is 103 Å². The molecule has 0 saturated carbocycles. The molecule has 0 saturated heterocycles. The highest BCUT2D eigenvalue weighted by Crippen LogP contribution is 2.37. The quantitative estimate of drug-likeness (QED) is 0.756. The summed E-state index contributed by atoms with van der Waals surface area (Å²) in [7, 11) is -3.13. The van der Waals surface area contributed by atoms with E-state index in [0.29, 0.717) is 4.90 Å². The second-order valence-corrected chi connectivity index (χ2v) is 7.10. The standard InChI is InChI=1S/C13H18NO2S/c1-5-14-9-13(2,3)11-8-10(17(4,15)16)6-7-12(11)14/h6-9H,5H2,1-4H3/q+1. The number of nitrogens with zero attached hydrogens (tertiary/aromatic N) is 1. The molecule has 0 spiro atoms. The van der Waals surface area contributed by atoms with Crippen LogP contribution in [0, 0.1) is 0 Å². The molecule has 0 fully saturated rings. The summed E-state index contributed by atoms with van der Waals surface area (Å²) in [6.07, 6.45) is 3.40. The fourth-order valence-electron chi connectivity index (χ4n) is 2.30. The predicted octanol–water partition coefficient (Wildman–Crippen LogP) is 2.12. The van der Waals surface area contributed by atoms with Crippen LogP contribution in [0.15, 0.2) is 23.1 Å². The number of fused-ring (bicyclic) bond motifs is 1. The minimum Gasteiger partial charge on any atom is -0.224 e. The molecular weight excluding hydrogens is 234 g/mol. The van der Waals surface area contributed by atoms with E-state index < -0.39 is 9.84 Å². The molecule has 2 rings (SSSR count). The van der Waals surface area contributed by atoms with Crippen LogP contribution >= 0.6 is 0 Å². The SMILES string of the molecule is CC[N+]1=CC(C)(C)c2cc(S(C)(=O)=O)ccc21. The maximum Gasteiger partial charge on any atom is 0.209 e. The van der Waals surface area contributed by atoms with Crippen molar-refractivity contribution in [3.8, 4) is 0 Å². The van der Waals surface area contributed by atoms with Gasteiger partial charge in [0.05, 0.1) is 10.3 Å². The lowest BCUT2D eigenvalue weighted by Gasteiger charge is -2.11. The van der Waals surface area contributed by atoms with Crippen molar-refractivity contribution in [2.24, 2.45) is 0 Å². The van der Waals surface area contributed by atoms with E-state index in [-0.39, 0.29) is 5.41 Å². The van der Waals surface area contributed by atoms with Gasteiger partial charge in [-0.1, -0.05) is 0 Å². The number of hydrogen-bond acceptors (Lipinski definition) is 2. The zero-order chi connectivity index (χ0) is 12.8. The van der Waals surface area contributed by atoms with E-state index in [2.05, 4.69) is 31.6 Å². The fourth-order valence-corrected chi connectivity index (χ4v) is 2.95. The Morgan fingerprint density at radius 3 is 2.47 bits per heavy atom. The fraction of sp³-hybridized carbons (Fsp3) is 0.462. The Bertz CT molecular complexity index is 598. The molecule has 0 amide bonds. The van der Waals surface area contributed by atoms with Gasteiger partial charge in [0.2, 0.25) is 5.69 Å². The van der Waals surface area contributed by atoms with Gasteiger partial charge in [0.15, 0.2) is 16.1 Å². The first-order valence-corrected chi connectivity index (χ1v) is 7.62. The van der Waals surface area contributed by atoms with E-state index in [1.54, 1.807) is 12.1 Å². The average molecular weight is 252 g/mol. The largest absolute Gasteiger partial charge is 0.224 e. The summed E-state index contributed by atoms with van der Waals surface area (Å²) in [5.41, 5.74) is 2.10. The van der Waals surface area contributed by atoms with Crippen molar-refractivity contribution >= 4 is 21.7 Å². The highest BCUT2D eigenvalue weighted by molar-refractivity contribution is 7.90. The van der Waals surface area contributed by atoms with Crippen molar-refractivity contribution in [3.63, 3.8) is 0 Å².